The van der Waals surface area contributed by atoms with Crippen molar-refractivity contribution in [3.05, 3.63) is 23.8 Å². The first-order chi connectivity index (χ1) is 16.0. The Morgan fingerprint density at radius 3 is 1.82 bits per heavy atom. The lowest BCUT2D eigenvalue weighted by Crippen LogP contribution is -2.62. The maximum Gasteiger partial charge on any atom is 0.411 e. The van der Waals surface area contributed by atoms with Crippen LogP contribution in [0.25, 0.3) is 0 Å². The third kappa shape index (κ3) is 5.40. The summed E-state index contributed by atoms with van der Waals surface area (Å²) in [6.45, 7) is 13.1. The Bertz CT molecular complexity index is 867. The van der Waals surface area contributed by atoms with Crippen LogP contribution < -0.4 is 10.6 Å². The van der Waals surface area contributed by atoms with Gasteiger partial charge in [-0.2, -0.15) is 0 Å². The van der Waals surface area contributed by atoms with Gasteiger partial charge >= 0.3 is 12.2 Å². The van der Waals surface area contributed by atoms with Gasteiger partial charge in [0.1, 0.15) is 13.2 Å². The maximum absolute atomic E-state index is 12.4. The zero-order chi connectivity index (χ0) is 22.8. The number of carbonyl (C=O) groups excluding carboxylic acids is 2. The molecule has 1 aromatic rings. The fourth-order valence-electron chi connectivity index (χ4n) is 5.24. The number of amides is 2. The van der Waals surface area contributed by atoms with Gasteiger partial charge in [-0.05, 0) is 24.6 Å². The fraction of sp³-hybridized carbons (Fsp3) is 0.652. The predicted molar refractivity (Wildman–Crippen MR) is 125 cm³/mol. The third-order valence-corrected chi connectivity index (χ3v) is 7.32. The number of aryl methyl sites for hydroxylation is 1. The van der Waals surface area contributed by atoms with Crippen LogP contribution in [0.5, 0.6) is 0 Å². The van der Waals surface area contributed by atoms with Crippen molar-refractivity contribution in [3.63, 3.8) is 0 Å². The summed E-state index contributed by atoms with van der Waals surface area (Å²) >= 11 is 0. The molecule has 2 atom stereocenters. The molecule has 0 spiro atoms. The van der Waals surface area contributed by atoms with Crippen LogP contribution in [0.2, 0.25) is 0 Å². The monoisotopic (exact) mass is 458 g/mol. The minimum Gasteiger partial charge on any atom is -0.448 e. The van der Waals surface area contributed by atoms with Crippen molar-refractivity contribution >= 4 is 23.6 Å². The lowest BCUT2D eigenvalue weighted by atomic mass is 10.1. The van der Waals surface area contributed by atoms with Gasteiger partial charge in [0.25, 0.3) is 0 Å². The second kappa shape index (κ2) is 9.84. The van der Waals surface area contributed by atoms with Crippen LogP contribution in [0.15, 0.2) is 18.2 Å². The van der Waals surface area contributed by atoms with Crippen LogP contribution in [0.4, 0.5) is 21.0 Å². The molecule has 6 fully saturated rings. The van der Waals surface area contributed by atoms with Crippen molar-refractivity contribution in [2.45, 2.75) is 19.0 Å². The van der Waals surface area contributed by atoms with E-state index in [1.165, 1.54) is 0 Å². The average molecular weight is 459 g/mol. The van der Waals surface area contributed by atoms with Gasteiger partial charge in [-0.3, -0.25) is 30.2 Å². The van der Waals surface area contributed by atoms with Gasteiger partial charge in [0.2, 0.25) is 0 Å². The van der Waals surface area contributed by atoms with Crippen molar-refractivity contribution in [3.8, 4) is 0 Å². The molecule has 0 aromatic heterocycles. The molecule has 7 rings (SSSR count). The molecule has 0 aliphatic carbocycles. The Morgan fingerprint density at radius 2 is 1.33 bits per heavy atom. The Kier molecular flexibility index (Phi) is 6.68. The van der Waals surface area contributed by atoms with E-state index in [0.717, 1.165) is 71.0 Å². The Hall–Kier alpha value is -2.40. The standard InChI is InChI=1S/C23H34N6O4/c1-17-2-3-18(24-22(30)32-15-19-13-26-4-8-28(19)9-5-26)12-21(17)25-23(31)33-16-20-14-27-6-10-29(20)11-7-27/h2-3,12,19-20H,4-11,13-16H2,1H3,(H,24,30)(H,25,31). The number of ether oxygens (including phenoxy) is 2. The van der Waals surface area contributed by atoms with Crippen molar-refractivity contribution < 1.29 is 19.1 Å². The summed E-state index contributed by atoms with van der Waals surface area (Å²) in [6.07, 6.45) is -0.965. The molecule has 1 aromatic carbocycles. The second-order valence-corrected chi connectivity index (χ2v) is 9.46. The predicted octanol–water partition coefficient (Wildman–Crippen LogP) is 1.09. The molecule has 33 heavy (non-hydrogen) atoms. The number of nitrogens with one attached hydrogen (secondary N) is 2. The first-order valence-electron chi connectivity index (χ1n) is 11.9. The number of piperazine rings is 6. The van der Waals surface area contributed by atoms with Crippen molar-refractivity contribution in [1.82, 2.24) is 19.6 Å². The van der Waals surface area contributed by atoms with Crippen LogP contribution in [0, 0.1) is 6.92 Å². The summed E-state index contributed by atoms with van der Waals surface area (Å²) in [4.78, 5) is 34.3. The SMILES string of the molecule is Cc1ccc(NC(=O)OCC2CN3CCN2CC3)cc1NC(=O)OCC1CN2CCN1CC2. The lowest BCUT2D eigenvalue weighted by Gasteiger charge is -2.47. The first-order valence-corrected chi connectivity index (χ1v) is 11.9. The molecular weight excluding hydrogens is 424 g/mol. The van der Waals surface area contributed by atoms with Crippen molar-refractivity contribution in [1.29, 1.82) is 0 Å². The molecule has 2 amide bonds. The van der Waals surface area contributed by atoms with Gasteiger partial charge in [0.15, 0.2) is 0 Å². The molecule has 4 bridgehead atoms. The van der Waals surface area contributed by atoms with Gasteiger partial charge in [-0.1, -0.05) is 6.07 Å². The number of rotatable bonds is 6. The zero-order valence-corrected chi connectivity index (χ0v) is 19.3. The van der Waals surface area contributed by atoms with Crippen molar-refractivity contribution in [2.24, 2.45) is 0 Å². The van der Waals surface area contributed by atoms with Crippen LogP contribution in [0.1, 0.15) is 5.56 Å². The zero-order valence-electron chi connectivity index (χ0n) is 19.3. The molecule has 6 aliphatic rings. The van der Waals surface area contributed by atoms with E-state index >= 15 is 0 Å². The van der Waals surface area contributed by atoms with E-state index in [-0.39, 0.29) is 12.1 Å². The number of fused-ring (bicyclic) bond motifs is 6. The summed E-state index contributed by atoms with van der Waals surface area (Å²) in [5.41, 5.74) is 2.06. The first kappa shape index (κ1) is 22.4. The van der Waals surface area contributed by atoms with Crippen molar-refractivity contribution in [2.75, 3.05) is 89.3 Å². The molecular formula is C23H34N6O4. The van der Waals surface area contributed by atoms with E-state index < -0.39 is 12.2 Å². The molecule has 2 unspecified atom stereocenters. The smallest absolute Gasteiger partial charge is 0.411 e. The summed E-state index contributed by atoms with van der Waals surface area (Å²) in [7, 11) is 0. The molecule has 0 saturated carbocycles. The Labute approximate surface area is 194 Å². The van der Waals surface area contributed by atoms with Crippen LogP contribution in [-0.2, 0) is 9.47 Å². The van der Waals surface area contributed by atoms with E-state index in [4.69, 9.17) is 9.47 Å². The number of hydrogen-bond acceptors (Lipinski definition) is 8. The van der Waals surface area contributed by atoms with Crippen LogP contribution >= 0.6 is 0 Å². The van der Waals surface area contributed by atoms with Crippen LogP contribution in [0.3, 0.4) is 0 Å². The number of benzene rings is 1. The highest BCUT2D eigenvalue weighted by Crippen LogP contribution is 2.22. The largest absolute Gasteiger partial charge is 0.448 e. The molecule has 10 heteroatoms. The lowest BCUT2D eigenvalue weighted by molar-refractivity contribution is -0.0130. The van der Waals surface area contributed by atoms with E-state index in [2.05, 4.69) is 30.2 Å². The minimum atomic E-state index is -0.485. The van der Waals surface area contributed by atoms with Gasteiger partial charge in [0, 0.05) is 76.8 Å². The van der Waals surface area contributed by atoms with Gasteiger partial charge in [-0.25, -0.2) is 9.59 Å². The van der Waals surface area contributed by atoms with Crippen LogP contribution in [-0.4, -0.2) is 123 Å². The molecule has 6 heterocycles. The molecule has 6 saturated heterocycles. The molecule has 6 aliphatic heterocycles. The highest BCUT2D eigenvalue weighted by Gasteiger charge is 2.33. The normalized spacial score (nSPS) is 32.3. The quantitative estimate of drug-likeness (QED) is 0.655. The summed E-state index contributed by atoms with van der Waals surface area (Å²) < 4.78 is 11.0. The molecule has 2 N–H and O–H groups in total. The van der Waals surface area contributed by atoms with Gasteiger partial charge in [-0.15, -0.1) is 0 Å². The van der Waals surface area contributed by atoms with Gasteiger partial charge in [0.05, 0.1) is 12.1 Å². The van der Waals surface area contributed by atoms with E-state index in [9.17, 15) is 9.59 Å². The minimum absolute atomic E-state index is 0.259. The second-order valence-electron chi connectivity index (χ2n) is 9.46. The number of hydrogen-bond donors (Lipinski definition) is 2. The molecule has 180 valence electrons. The maximum atomic E-state index is 12.4. The number of anilines is 2. The fourth-order valence-corrected chi connectivity index (χ4v) is 5.24. The summed E-state index contributed by atoms with van der Waals surface area (Å²) in [6, 6.07) is 5.90. The molecule has 0 radical (unpaired) electrons. The molecule has 10 nitrogen and oxygen atoms in total. The summed E-state index contributed by atoms with van der Waals surface area (Å²) in [5, 5.41) is 5.58. The Balaban J connectivity index is 1.09. The average Bonchev–Trinajstić information content (AvgIpc) is 2.85. The van der Waals surface area contributed by atoms with E-state index in [0.29, 0.717) is 24.6 Å². The number of carbonyl (C=O) groups is 2. The summed E-state index contributed by atoms with van der Waals surface area (Å²) in [5.74, 6) is 0. The highest BCUT2D eigenvalue weighted by atomic mass is 16.6. The third-order valence-electron chi connectivity index (χ3n) is 7.32. The number of nitrogens with zero attached hydrogens (tertiary/aromatic N) is 4. The Morgan fingerprint density at radius 1 is 0.818 bits per heavy atom. The highest BCUT2D eigenvalue weighted by molar-refractivity contribution is 5.89. The topological polar surface area (TPSA) is 89.6 Å². The van der Waals surface area contributed by atoms with Gasteiger partial charge < -0.3 is 9.47 Å². The van der Waals surface area contributed by atoms with E-state index in [1.54, 1.807) is 12.1 Å². The van der Waals surface area contributed by atoms with E-state index in [1.807, 2.05) is 13.0 Å².